The van der Waals surface area contributed by atoms with E-state index in [2.05, 4.69) is 0 Å². The standard InChI is InChI=1S/C12H25O2S.CH4O3S/c1-9(10(13)11(2,3)4)12(5,6)14-15(7)8;1-5(2,3)4/h9H,1-8H3;1H3,(H,2,3,4)/q+1;/p-1/i7D3,8D3;. The summed E-state index contributed by atoms with van der Waals surface area (Å²) < 4.78 is 76.9. The lowest BCUT2D eigenvalue weighted by Gasteiger charge is -2.31. The van der Waals surface area contributed by atoms with E-state index in [0.717, 1.165) is 0 Å². The van der Waals surface area contributed by atoms with Gasteiger partial charge < -0.3 is 4.55 Å². The van der Waals surface area contributed by atoms with E-state index in [-0.39, 0.29) is 5.78 Å². The molecule has 0 aliphatic carbocycles. The molecule has 7 heteroatoms. The molecule has 0 rings (SSSR count). The monoisotopic (exact) mass is 334 g/mol. The van der Waals surface area contributed by atoms with Crippen LogP contribution in [0.25, 0.3) is 0 Å². The smallest absolute Gasteiger partial charge is 0.144 e. The number of carbonyl (C=O) groups is 1. The van der Waals surface area contributed by atoms with Crippen LogP contribution in [0.15, 0.2) is 0 Å². The summed E-state index contributed by atoms with van der Waals surface area (Å²) in [6.07, 6.45) is -4.91. The Morgan fingerprint density at radius 1 is 1.25 bits per heavy atom. The molecule has 0 radical (unpaired) electrons. The lowest BCUT2D eigenvalue weighted by atomic mass is 9.77. The van der Waals surface area contributed by atoms with Gasteiger partial charge in [0.05, 0.1) is 18.3 Å². The minimum absolute atomic E-state index is 0.105. The zero-order chi connectivity index (χ0) is 21.9. The second-order valence-corrected chi connectivity index (χ2v) is 8.11. The Hall–Kier alpha value is -0.110. The summed E-state index contributed by atoms with van der Waals surface area (Å²) in [5.74, 6) is -0.732. The molecule has 0 N–H and O–H groups in total. The Kier molecular flexibility index (Phi) is 4.83. The summed E-state index contributed by atoms with van der Waals surface area (Å²) in [4.78, 5) is 12.3. The molecule has 5 nitrogen and oxygen atoms in total. The fourth-order valence-electron chi connectivity index (χ4n) is 1.25. The summed E-state index contributed by atoms with van der Waals surface area (Å²) in [5, 5.41) is 0. The zero-order valence-corrected chi connectivity index (χ0v) is 14.6. The largest absolute Gasteiger partial charge is 0.748 e. The van der Waals surface area contributed by atoms with Crippen molar-refractivity contribution in [1.82, 2.24) is 0 Å². The quantitative estimate of drug-likeness (QED) is 0.580. The maximum absolute atomic E-state index is 12.3. The van der Waals surface area contributed by atoms with E-state index in [9.17, 15) is 4.79 Å². The van der Waals surface area contributed by atoms with Crippen molar-refractivity contribution in [2.75, 3.05) is 18.6 Å². The molecule has 0 saturated carbocycles. The fourth-order valence-corrected chi connectivity index (χ4v) is 1.83. The van der Waals surface area contributed by atoms with Gasteiger partial charge in [-0.05, 0) is 13.8 Å². The van der Waals surface area contributed by atoms with Crippen molar-refractivity contribution < 1.29 is 30.2 Å². The average Bonchev–Trinajstić information content (AvgIpc) is 2.28. The van der Waals surface area contributed by atoms with E-state index in [4.69, 9.17) is 25.4 Å². The first-order valence-electron chi connectivity index (χ1n) is 8.80. The van der Waals surface area contributed by atoms with Crippen LogP contribution in [0.1, 0.15) is 49.8 Å². The Morgan fingerprint density at radius 3 is 1.85 bits per heavy atom. The van der Waals surface area contributed by atoms with Gasteiger partial charge in [0.1, 0.15) is 34.9 Å². The average molecular weight is 335 g/mol. The minimum atomic E-state index is -3.92. The van der Waals surface area contributed by atoms with Crippen LogP contribution in [0.2, 0.25) is 0 Å². The normalized spacial score (nSPS) is 20.2. The van der Waals surface area contributed by atoms with Crippen LogP contribution in [-0.2, 0) is 30.3 Å². The number of hydrogen-bond donors (Lipinski definition) is 0. The van der Waals surface area contributed by atoms with Gasteiger partial charge in [-0.25, -0.2) is 8.42 Å². The third-order valence-electron chi connectivity index (χ3n) is 2.47. The highest BCUT2D eigenvalue weighted by atomic mass is 32.2. The van der Waals surface area contributed by atoms with Gasteiger partial charge in [-0.15, -0.1) is 0 Å². The SMILES string of the molecule is CS(=O)(=O)[O-].[2H]C([2H])([2H])[S+](OC(C)(C)C(C)C(=O)C(C)(C)C)C([2H])([2H])[2H]. The molecule has 0 heterocycles. The summed E-state index contributed by atoms with van der Waals surface area (Å²) >= 11 is -2.24. The number of ketones is 1. The van der Waals surface area contributed by atoms with Crippen LogP contribution >= 0.6 is 0 Å². The van der Waals surface area contributed by atoms with Gasteiger partial charge in [-0.1, -0.05) is 27.7 Å². The molecule has 0 fully saturated rings. The van der Waals surface area contributed by atoms with Gasteiger partial charge in [0.25, 0.3) is 0 Å². The topological polar surface area (TPSA) is 83.5 Å². The van der Waals surface area contributed by atoms with Crippen molar-refractivity contribution in [3.8, 4) is 0 Å². The Morgan fingerprint density at radius 2 is 1.60 bits per heavy atom. The summed E-state index contributed by atoms with van der Waals surface area (Å²) in [6, 6.07) is 0. The summed E-state index contributed by atoms with van der Waals surface area (Å²) in [7, 11) is -3.92. The highest BCUT2D eigenvalue weighted by Gasteiger charge is 2.41. The Labute approximate surface area is 135 Å². The van der Waals surface area contributed by atoms with Crippen LogP contribution in [0.4, 0.5) is 0 Å². The van der Waals surface area contributed by atoms with E-state index < -0.39 is 50.6 Å². The molecular weight excluding hydrogens is 300 g/mol. The van der Waals surface area contributed by atoms with E-state index in [1.807, 2.05) is 0 Å². The van der Waals surface area contributed by atoms with E-state index in [1.165, 1.54) is 0 Å². The zero-order valence-electron chi connectivity index (χ0n) is 18.9. The van der Waals surface area contributed by atoms with Crippen LogP contribution < -0.4 is 0 Å². The van der Waals surface area contributed by atoms with Crippen molar-refractivity contribution in [1.29, 1.82) is 0 Å². The van der Waals surface area contributed by atoms with E-state index in [1.54, 1.807) is 41.5 Å². The maximum atomic E-state index is 12.3. The second kappa shape index (κ2) is 7.77. The maximum Gasteiger partial charge on any atom is 0.144 e. The molecule has 20 heavy (non-hydrogen) atoms. The molecule has 0 aliphatic heterocycles. The first-order valence-corrected chi connectivity index (χ1v) is 8.76. The summed E-state index contributed by atoms with van der Waals surface area (Å²) in [5.41, 5.74) is -1.80. The third kappa shape index (κ3) is 11.7. The minimum Gasteiger partial charge on any atom is -0.748 e. The summed E-state index contributed by atoms with van der Waals surface area (Å²) in [6.45, 7) is 10.0. The van der Waals surface area contributed by atoms with Crippen LogP contribution in [-0.4, -0.2) is 43.0 Å². The molecule has 122 valence electrons. The van der Waals surface area contributed by atoms with Crippen molar-refractivity contribution in [3.63, 3.8) is 0 Å². The van der Waals surface area contributed by atoms with Crippen molar-refractivity contribution in [2.45, 2.75) is 47.1 Å². The molecule has 0 aromatic carbocycles. The highest BCUT2D eigenvalue weighted by Crippen LogP contribution is 2.30. The van der Waals surface area contributed by atoms with Gasteiger partial charge in [-0.3, -0.25) is 4.79 Å². The van der Waals surface area contributed by atoms with E-state index in [0.29, 0.717) is 6.26 Å². The molecule has 0 amide bonds. The molecule has 1 atom stereocenters. The number of hydrogen-bond acceptors (Lipinski definition) is 5. The lowest BCUT2D eigenvalue weighted by molar-refractivity contribution is -0.135. The van der Waals surface area contributed by atoms with Gasteiger partial charge in [-0.2, -0.15) is 4.18 Å². The molecule has 0 aliphatic rings. The Bertz CT molecular complexity index is 553. The molecular formula is C13H28O5S2. The predicted molar refractivity (Wildman–Crippen MR) is 83.6 cm³/mol. The molecule has 0 saturated heterocycles. The number of rotatable bonds is 4. The molecule has 0 bridgehead atoms. The number of carbonyl (C=O) groups excluding carboxylic acids is 1. The number of Topliss-reactive ketones (excluding diaryl/α,β-unsaturated/α-hetero) is 1. The van der Waals surface area contributed by atoms with Crippen LogP contribution in [0, 0.1) is 11.3 Å². The van der Waals surface area contributed by atoms with Crippen molar-refractivity contribution in [2.24, 2.45) is 11.3 Å². The third-order valence-corrected chi connectivity index (χ3v) is 3.07. The van der Waals surface area contributed by atoms with Gasteiger partial charge in [0.15, 0.2) is 0 Å². The molecule has 0 aromatic rings. The first-order chi connectivity index (χ1) is 10.9. The van der Waals surface area contributed by atoms with Crippen LogP contribution in [0.3, 0.4) is 0 Å². The lowest BCUT2D eigenvalue weighted by Crippen LogP contribution is -2.43. The Balaban J connectivity index is 0. The molecule has 1 unspecified atom stereocenters. The first kappa shape index (κ1) is 12.4. The fraction of sp³-hybridized carbons (Fsp3) is 0.923. The molecule has 0 spiro atoms. The van der Waals surface area contributed by atoms with Gasteiger partial charge in [0.2, 0.25) is 0 Å². The second-order valence-electron chi connectivity index (χ2n) is 6.00. The van der Waals surface area contributed by atoms with Crippen LogP contribution in [0.5, 0.6) is 0 Å². The van der Waals surface area contributed by atoms with Crippen molar-refractivity contribution in [3.05, 3.63) is 0 Å². The van der Waals surface area contributed by atoms with Crippen molar-refractivity contribution >= 4 is 27.1 Å². The molecule has 0 aromatic heterocycles. The van der Waals surface area contributed by atoms with Gasteiger partial charge in [0, 0.05) is 17.6 Å². The highest BCUT2D eigenvalue weighted by molar-refractivity contribution is 7.91. The van der Waals surface area contributed by atoms with E-state index >= 15 is 0 Å². The van der Waals surface area contributed by atoms with Gasteiger partial charge >= 0.3 is 0 Å². The predicted octanol–water partition coefficient (Wildman–Crippen LogP) is 1.99.